The fourth-order valence-corrected chi connectivity index (χ4v) is 3.80. The standard InChI is InChI=1S/C21H19ClN4O7/c22-14-2-1-3-15(10-14)23-6-8-24(9-7-23)19(27)13-32-20(28)12-25-17-5-4-16(26(30)31)11-18(17)33-21(25)29/h1-5,10-11H,6-9,12-13H2. The first-order valence-corrected chi connectivity index (χ1v) is 10.4. The van der Waals surface area contributed by atoms with E-state index < -0.39 is 29.8 Å². The van der Waals surface area contributed by atoms with E-state index in [9.17, 15) is 24.5 Å². The molecule has 172 valence electrons. The van der Waals surface area contributed by atoms with Crippen molar-refractivity contribution in [1.82, 2.24) is 9.47 Å². The average molecular weight is 475 g/mol. The first-order chi connectivity index (χ1) is 15.8. The Kier molecular flexibility index (Phi) is 6.31. The summed E-state index contributed by atoms with van der Waals surface area (Å²) in [5, 5.41) is 11.5. The zero-order chi connectivity index (χ0) is 23.5. The second kappa shape index (κ2) is 9.33. The van der Waals surface area contributed by atoms with Gasteiger partial charge >= 0.3 is 11.7 Å². The Morgan fingerprint density at radius 3 is 2.58 bits per heavy atom. The maximum absolute atomic E-state index is 12.4. The molecule has 0 N–H and O–H groups in total. The predicted molar refractivity (Wildman–Crippen MR) is 118 cm³/mol. The van der Waals surface area contributed by atoms with Gasteiger partial charge in [0.1, 0.15) is 6.54 Å². The maximum Gasteiger partial charge on any atom is 0.420 e. The summed E-state index contributed by atoms with van der Waals surface area (Å²) in [6.45, 7) is 1.22. The predicted octanol–water partition coefficient (Wildman–Crippen LogP) is 2.05. The summed E-state index contributed by atoms with van der Waals surface area (Å²) < 4.78 is 11.0. The molecule has 1 aromatic heterocycles. The first kappa shape index (κ1) is 22.3. The summed E-state index contributed by atoms with van der Waals surface area (Å²) in [5.41, 5.74) is 0.929. The average Bonchev–Trinajstić information content (AvgIpc) is 3.11. The van der Waals surface area contributed by atoms with E-state index in [4.69, 9.17) is 20.8 Å². The van der Waals surface area contributed by atoms with Crippen LogP contribution in [-0.4, -0.2) is 59.1 Å². The minimum atomic E-state index is -0.856. The number of esters is 1. The number of non-ortho nitro benzene ring substituents is 1. The number of halogens is 1. The minimum absolute atomic E-state index is 0.0179. The van der Waals surface area contributed by atoms with Crippen LogP contribution in [0.3, 0.4) is 0 Å². The van der Waals surface area contributed by atoms with Gasteiger partial charge in [0.15, 0.2) is 12.2 Å². The third-order valence-corrected chi connectivity index (χ3v) is 5.55. The molecule has 0 spiro atoms. The minimum Gasteiger partial charge on any atom is -0.454 e. The highest BCUT2D eigenvalue weighted by Crippen LogP contribution is 2.21. The molecule has 2 aromatic carbocycles. The van der Waals surface area contributed by atoms with Gasteiger partial charge < -0.3 is 19.0 Å². The molecule has 12 heteroatoms. The molecule has 0 radical (unpaired) electrons. The number of carbonyl (C=O) groups is 2. The molecule has 2 heterocycles. The fraction of sp³-hybridized carbons (Fsp3) is 0.286. The van der Waals surface area contributed by atoms with E-state index in [0.29, 0.717) is 31.2 Å². The van der Waals surface area contributed by atoms with Crippen LogP contribution in [0.5, 0.6) is 0 Å². The maximum atomic E-state index is 12.4. The van der Waals surface area contributed by atoms with E-state index in [1.807, 2.05) is 18.2 Å². The third-order valence-electron chi connectivity index (χ3n) is 5.31. The molecule has 4 rings (SSSR count). The normalized spacial score (nSPS) is 13.8. The van der Waals surface area contributed by atoms with Crippen molar-refractivity contribution >= 4 is 46.0 Å². The third kappa shape index (κ3) is 4.98. The highest BCUT2D eigenvalue weighted by Gasteiger charge is 2.23. The van der Waals surface area contributed by atoms with Crippen LogP contribution >= 0.6 is 11.6 Å². The number of hydrogen-bond acceptors (Lipinski definition) is 8. The van der Waals surface area contributed by atoms with Gasteiger partial charge in [0, 0.05) is 43.0 Å². The summed E-state index contributed by atoms with van der Waals surface area (Å²) in [7, 11) is 0. The van der Waals surface area contributed by atoms with Gasteiger partial charge in [-0.25, -0.2) is 4.79 Å². The van der Waals surface area contributed by atoms with Crippen molar-refractivity contribution in [2.24, 2.45) is 0 Å². The van der Waals surface area contributed by atoms with Crippen molar-refractivity contribution in [3.8, 4) is 0 Å². The number of nitro groups is 1. The van der Waals surface area contributed by atoms with Gasteiger partial charge in [-0.1, -0.05) is 17.7 Å². The van der Waals surface area contributed by atoms with Gasteiger partial charge in [-0.15, -0.1) is 0 Å². The zero-order valence-electron chi connectivity index (χ0n) is 17.3. The van der Waals surface area contributed by atoms with E-state index in [1.165, 1.54) is 12.1 Å². The summed E-state index contributed by atoms with van der Waals surface area (Å²) in [4.78, 5) is 50.7. The lowest BCUT2D eigenvalue weighted by Crippen LogP contribution is -2.50. The number of fused-ring (bicyclic) bond motifs is 1. The van der Waals surface area contributed by atoms with Crippen LogP contribution in [0.2, 0.25) is 5.02 Å². The van der Waals surface area contributed by atoms with E-state index in [-0.39, 0.29) is 22.7 Å². The molecular weight excluding hydrogens is 456 g/mol. The molecule has 0 unspecified atom stereocenters. The summed E-state index contributed by atoms with van der Waals surface area (Å²) in [6, 6.07) is 11.1. The number of rotatable bonds is 6. The van der Waals surface area contributed by atoms with Gasteiger partial charge in [0.05, 0.1) is 16.5 Å². The fourth-order valence-electron chi connectivity index (χ4n) is 3.61. The van der Waals surface area contributed by atoms with Crippen LogP contribution in [0.4, 0.5) is 11.4 Å². The van der Waals surface area contributed by atoms with Gasteiger partial charge in [-0.3, -0.25) is 24.3 Å². The van der Waals surface area contributed by atoms with E-state index >= 15 is 0 Å². The quantitative estimate of drug-likeness (QED) is 0.301. The SMILES string of the molecule is O=C(Cn1c(=O)oc2cc([N+](=O)[O-])ccc21)OCC(=O)N1CCN(c2cccc(Cl)c2)CC1. The number of carbonyl (C=O) groups excluding carboxylic acids is 2. The first-order valence-electron chi connectivity index (χ1n) is 10.0. The Bertz CT molecular complexity index is 1280. The number of oxazole rings is 1. The smallest absolute Gasteiger partial charge is 0.420 e. The number of nitro benzene ring substituents is 1. The van der Waals surface area contributed by atoms with Gasteiger partial charge in [-0.05, 0) is 24.3 Å². The Hall–Kier alpha value is -3.86. The van der Waals surface area contributed by atoms with Crippen LogP contribution in [-0.2, 0) is 20.9 Å². The number of piperazine rings is 1. The monoisotopic (exact) mass is 474 g/mol. The van der Waals surface area contributed by atoms with Crippen molar-refractivity contribution in [2.45, 2.75) is 6.54 Å². The largest absolute Gasteiger partial charge is 0.454 e. The number of amides is 1. The second-order valence-electron chi connectivity index (χ2n) is 7.37. The highest BCUT2D eigenvalue weighted by molar-refractivity contribution is 6.30. The number of nitrogens with zero attached hydrogens (tertiary/aromatic N) is 4. The number of benzene rings is 2. The Balaban J connectivity index is 1.30. The number of ether oxygens (including phenoxy) is 1. The number of anilines is 1. The molecule has 1 saturated heterocycles. The van der Waals surface area contributed by atoms with Crippen LogP contribution in [0.15, 0.2) is 51.7 Å². The van der Waals surface area contributed by atoms with Crippen molar-refractivity contribution in [2.75, 3.05) is 37.7 Å². The lowest BCUT2D eigenvalue weighted by atomic mass is 10.2. The summed E-state index contributed by atoms with van der Waals surface area (Å²) in [5.74, 6) is -2.00. The Morgan fingerprint density at radius 2 is 1.88 bits per heavy atom. The molecule has 1 aliphatic rings. The number of aromatic nitrogens is 1. The van der Waals surface area contributed by atoms with Crippen molar-refractivity contribution in [3.05, 3.63) is 68.2 Å². The van der Waals surface area contributed by atoms with Gasteiger partial charge in [-0.2, -0.15) is 0 Å². The molecule has 3 aromatic rings. The molecule has 11 nitrogen and oxygen atoms in total. The topological polar surface area (TPSA) is 128 Å². The molecule has 0 saturated carbocycles. The van der Waals surface area contributed by atoms with Crippen LogP contribution < -0.4 is 10.7 Å². The van der Waals surface area contributed by atoms with Crippen LogP contribution in [0, 0.1) is 10.1 Å². The van der Waals surface area contributed by atoms with Gasteiger partial charge in [0.25, 0.3) is 11.6 Å². The summed E-state index contributed by atoms with van der Waals surface area (Å²) >= 11 is 6.03. The van der Waals surface area contributed by atoms with Crippen molar-refractivity contribution in [3.63, 3.8) is 0 Å². The van der Waals surface area contributed by atoms with Gasteiger partial charge in [0.2, 0.25) is 0 Å². The molecule has 33 heavy (non-hydrogen) atoms. The molecule has 1 amide bonds. The highest BCUT2D eigenvalue weighted by atomic mass is 35.5. The Morgan fingerprint density at radius 1 is 1.12 bits per heavy atom. The second-order valence-corrected chi connectivity index (χ2v) is 7.81. The van der Waals surface area contributed by atoms with Crippen molar-refractivity contribution in [1.29, 1.82) is 0 Å². The van der Waals surface area contributed by atoms with E-state index in [0.717, 1.165) is 16.3 Å². The van der Waals surface area contributed by atoms with Crippen molar-refractivity contribution < 1.29 is 23.7 Å². The molecule has 1 aliphatic heterocycles. The Labute approximate surface area is 191 Å². The van der Waals surface area contributed by atoms with E-state index in [2.05, 4.69) is 4.90 Å². The molecule has 0 atom stereocenters. The molecular formula is C21H19ClN4O7. The lowest BCUT2D eigenvalue weighted by molar-refractivity contribution is -0.384. The lowest BCUT2D eigenvalue weighted by Gasteiger charge is -2.36. The number of hydrogen-bond donors (Lipinski definition) is 0. The molecule has 1 fully saturated rings. The zero-order valence-corrected chi connectivity index (χ0v) is 18.1. The van der Waals surface area contributed by atoms with Crippen LogP contribution in [0.25, 0.3) is 11.1 Å². The summed E-state index contributed by atoms with van der Waals surface area (Å²) in [6.07, 6.45) is 0. The van der Waals surface area contributed by atoms with Crippen LogP contribution in [0.1, 0.15) is 0 Å². The van der Waals surface area contributed by atoms with E-state index in [1.54, 1.807) is 11.0 Å². The molecule has 0 bridgehead atoms. The molecule has 0 aliphatic carbocycles.